The lowest BCUT2D eigenvalue weighted by Crippen LogP contribution is -2.31. The van der Waals surface area contributed by atoms with Gasteiger partial charge in [-0.25, -0.2) is 0 Å². The molecule has 0 fully saturated rings. The monoisotopic (exact) mass is 489 g/mol. The molecule has 0 atom stereocenters. The SMILES string of the molecule is CC(C)NCCCCCC(=O)NCC(=O)C(C)C.CCCCNC(=O)CCCc1ccc(C)cc1. The lowest BCUT2D eigenvalue weighted by molar-refractivity contribution is -0.126. The molecule has 200 valence electrons. The van der Waals surface area contributed by atoms with Crippen molar-refractivity contribution in [2.75, 3.05) is 19.6 Å². The molecule has 6 heteroatoms. The Balaban J connectivity index is 0.000000661. The van der Waals surface area contributed by atoms with Gasteiger partial charge in [-0.3, -0.25) is 14.4 Å². The fourth-order valence-corrected chi connectivity index (χ4v) is 3.16. The van der Waals surface area contributed by atoms with E-state index in [1.165, 1.54) is 11.1 Å². The van der Waals surface area contributed by atoms with E-state index >= 15 is 0 Å². The van der Waals surface area contributed by atoms with Crippen LogP contribution in [-0.2, 0) is 20.8 Å². The highest BCUT2D eigenvalue weighted by Crippen LogP contribution is 2.07. The van der Waals surface area contributed by atoms with Crippen LogP contribution < -0.4 is 16.0 Å². The minimum Gasteiger partial charge on any atom is -0.356 e. The van der Waals surface area contributed by atoms with E-state index in [0.717, 1.165) is 58.0 Å². The van der Waals surface area contributed by atoms with Gasteiger partial charge >= 0.3 is 0 Å². The zero-order chi connectivity index (χ0) is 26.5. The summed E-state index contributed by atoms with van der Waals surface area (Å²) >= 11 is 0. The Morgan fingerprint density at radius 1 is 0.771 bits per heavy atom. The third-order valence-corrected chi connectivity index (χ3v) is 5.58. The van der Waals surface area contributed by atoms with Gasteiger partial charge in [-0.2, -0.15) is 0 Å². The zero-order valence-corrected chi connectivity index (χ0v) is 23.2. The minimum atomic E-state index is -0.0131. The van der Waals surface area contributed by atoms with Gasteiger partial charge in [0.2, 0.25) is 11.8 Å². The van der Waals surface area contributed by atoms with E-state index in [1.54, 1.807) is 0 Å². The first-order valence-corrected chi connectivity index (χ1v) is 13.5. The van der Waals surface area contributed by atoms with Gasteiger partial charge in [0.05, 0.1) is 6.54 Å². The Hall–Kier alpha value is -2.21. The van der Waals surface area contributed by atoms with Crippen molar-refractivity contribution in [2.24, 2.45) is 5.92 Å². The number of Topliss-reactive ketones (excluding diaryl/α,β-unsaturated/α-hetero) is 1. The number of carbonyl (C=O) groups excluding carboxylic acids is 3. The van der Waals surface area contributed by atoms with Crippen molar-refractivity contribution in [2.45, 2.75) is 105 Å². The van der Waals surface area contributed by atoms with Crippen LogP contribution in [0.2, 0.25) is 0 Å². The van der Waals surface area contributed by atoms with Crippen LogP contribution in [-0.4, -0.2) is 43.3 Å². The first-order valence-electron chi connectivity index (χ1n) is 13.5. The molecule has 0 aliphatic carbocycles. The molecule has 0 radical (unpaired) electrons. The van der Waals surface area contributed by atoms with Crippen LogP contribution in [0.3, 0.4) is 0 Å². The van der Waals surface area contributed by atoms with Crippen molar-refractivity contribution in [1.82, 2.24) is 16.0 Å². The fourth-order valence-electron chi connectivity index (χ4n) is 3.16. The van der Waals surface area contributed by atoms with E-state index in [9.17, 15) is 14.4 Å². The molecule has 0 saturated heterocycles. The van der Waals surface area contributed by atoms with Crippen molar-refractivity contribution in [3.8, 4) is 0 Å². The molecule has 0 aliphatic heterocycles. The molecule has 0 unspecified atom stereocenters. The number of hydrogen-bond acceptors (Lipinski definition) is 4. The summed E-state index contributed by atoms with van der Waals surface area (Å²) in [5.41, 5.74) is 2.60. The maximum absolute atomic E-state index is 11.5. The molecule has 1 aromatic carbocycles. The van der Waals surface area contributed by atoms with Gasteiger partial charge in [0.1, 0.15) is 0 Å². The summed E-state index contributed by atoms with van der Waals surface area (Å²) in [5, 5.41) is 8.95. The molecule has 0 bridgehead atoms. The summed E-state index contributed by atoms with van der Waals surface area (Å²) in [7, 11) is 0. The molecule has 0 spiro atoms. The lowest BCUT2D eigenvalue weighted by atomic mass is 10.1. The van der Waals surface area contributed by atoms with Gasteiger partial charge < -0.3 is 16.0 Å². The molecule has 1 rings (SSSR count). The molecule has 6 nitrogen and oxygen atoms in total. The Morgan fingerprint density at radius 3 is 2.00 bits per heavy atom. The highest BCUT2D eigenvalue weighted by atomic mass is 16.2. The number of rotatable bonds is 17. The average molecular weight is 490 g/mol. The summed E-state index contributed by atoms with van der Waals surface area (Å²) < 4.78 is 0. The molecule has 3 N–H and O–H groups in total. The van der Waals surface area contributed by atoms with Gasteiger partial charge in [0, 0.05) is 31.3 Å². The van der Waals surface area contributed by atoms with Gasteiger partial charge in [-0.1, -0.05) is 77.3 Å². The van der Waals surface area contributed by atoms with Crippen molar-refractivity contribution in [1.29, 1.82) is 0 Å². The number of ketones is 1. The average Bonchev–Trinajstić information content (AvgIpc) is 2.81. The molecule has 1 aromatic rings. The summed E-state index contributed by atoms with van der Waals surface area (Å²) in [6.07, 6.45) is 8.31. The standard InChI is InChI=1S/C15H23NO.C14H28N2O2/c1-3-4-12-16-15(17)7-5-6-14-10-8-13(2)9-11-14;1-11(2)13(17)10-16-14(18)8-6-5-7-9-15-12(3)4/h8-11H,3-7,12H2,1-2H3,(H,16,17);11-12,15H,5-10H2,1-4H3,(H,16,18). The number of aryl methyl sites for hydroxylation is 2. The Morgan fingerprint density at radius 2 is 1.40 bits per heavy atom. The predicted molar refractivity (Wildman–Crippen MR) is 146 cm³/mol. The lowest BCUT2D eigenvalue weighted by Gasteiger charge is -2.08. The van der Waals surface area contributed by atoms with Crippen LogP contribution in [0.15, 0.2) is 24.3 Å². The van der Waals surface area contributed by atoms with Crippen LogP contribution in [0, 0.1) is 12.8 Å². The molecule has 0 saturated carbocycles. The molecule has 0 aliphatic rings. The Bertz CT molecular complexity index is 700. The van der Waals surface area contributed by atoms with Gasteiger partial charge in [-0.15, -0.1) is 0 Å². The summed E-state index contributed by atoms with van der Waals surface area (Å²) in [6.45, 7) is 14.1. The minimum absolute atomic E-state index is 0.00703. The summed E-state index contributed by atoms with van der Waals surface area (Å²) in [6, 6.07) is 9.05. The van der Waals surface area contributed by atoms with Crippen LogP contribution in [0.5, 0.6) is 0 Å². The second kappa shape index (κ2) is 21.1. The zero-order valence-electron chi connectivity index (χ0n) is 23.2. The van der Waals surface area contributed by atoms with Crippen molar-refractivity contribution in [3.05, 3.63) is 35.4 Å². The van der Waals surface area contributed by atoms with Crippen LogP contribution >= 0.6 is 0 Å². The first-order chi connectivity index (χ1) is 16.6. The summed E-state index contributed by atoms with van der Waals surface area (Å²) in [5.74, 6) is 0.253. The number of hydrogen-bond donors (Lipinski definition) is 3. The maximum atomic E-state index is 11.5. The van der Waals surface area contributed by atoms with Crippen molar-refractivity contribution < 1.29 is 14.4 Å². The Kier molecular flexibility index (Phi) is 19.8. The van der Waals surface area contributed by atoms with Crippen LogP contribution in [0.25, 0.3) is 0 Å². The van der Waals surface area contributed by atoms with Crippen molar-refractivity contribution >= 4 is 17.6 Å². The largest absolute Gasteiger partial charge is 0.356 e. The topological polar surface area (TPSA) is 87.3 Å². The second-order valence-corrected chi connectivity index (χ2v) is 9.86. The number of nitrogens with one attached hydrogen (secondary N) is 3. The maximum Gasteiger partial charge on any atom is 0.220 e. The van der Waals surface area contributed by atoms with E-state index in [2.05, 4.69) is 67.9 Å². The highest BCUT2D eigenvalue weighted by Gasteiger charge is 2.08. The van der Waals surface area contributed by atoms with E-state index in [4.69, 9.17) is 0 Å². The molecule has 2 amide bonds. The molecule has 0 heterocycles. The van der Waals surface area contributed by atoms with E-state index in [0.29, 0.717) is 18.9 Å². The van der Waals surface area contributed by atoms with Crippen LogP contribution in [0.1, 0.15) is 97.1 Å². The van der Waals surface area contributed by atoms with Gasteiger partial charge in [0.25, 0.3) is 0 Å². The smallest absolute Gasteiger partial charge is 0.220 e. The first kappa shape index (κ1) is 32.8. The Labute approximate surface area is 214 Å². The van der Waals surface area contributed by atoms with Gasteiger partial charge in [0.15, 0.2) is 5.78 Å². The quantitative estimate of drug-likeness (QED) is 0.265. The van der Waals surface area contributed by atoms with Gasteiger partial charge in [-0.05, 0) is 51.1 Å². The third kappa shape index (κ3) is 20.8. The second-order valence-electron chi connectivity index (χ2n) is 9.86. The number of unbranched alkanes of at least 4 members (excludes halogenated alkanes) is 3. The summed E-state index contributed by atoms with van der Waals surface area (Å²) in [4.78, 5) is 34.2. The molecular formula is C29H51N3O3. The fraction of sp³-hybridized carbons (Fsp3) is 0.690. The molecule has 0 aromatic heterocycles. The predicted octanol–water partition coefficient (Wildman–Crippen LogP) is 5.12. The van der Waals surface area contributed by atoms with E-state index < -0.39 is 0 Å². The third-order valence-electron chi connectivity index (χ3n) is 5.58. The van der Waals surface area contributed by atoms with E-state index in [-0.39, 0.29) is 30.1 Å². The molecular weight excluding hydrogens is 438 g/mol. The normalized spacial score (nSPS) is 10.6. The van der Waals surface area contributed by atoms with E-state index in [1.807, 2.05) is 13.8 Å². The number of benzene rings is 1. The molecule has 35 heavy (non-hydrogen) atoms. The van der Waals surface area contributed by atoms with Crippen LogP contribution in [0.4, 0.5) is 0 Å². The highest BCUT2D eigenvalue weighted by molar-refractivity contribution is 5.87. The number of amides is 2. The number of carbonyl (C=O) groups is 3. The van der Waals surface area contributed by atoms with Crippen molar-refractivity contribution in [3.63, 3.8) is 0 Å².